The molecule has 1 aromatic rings. The number of carbonyl (C=O) groups is 1. The number of halogens is 1. The van der Waals surface area contributed by atoms with Gasteiger partial charge in [0.15, 0.2) is 0 Å². The lowest BCUT2D eigenvalue weighted by Gasteiger charge is -2.22. The lowest BCUT2D eigenvalue weighted by atomic mass is 10.1. The molecule has 1 fully saturated rings. The van der Waals surface area contributed by atoms with Crippen LogP contribution in [0, 0.1) is 0 Å². The number of rotatable bonds is 6. The maximum absolute atomic E-state index is 11.8. The first-order chi connectivity index (χ1) is 10.1. The van der Waals surface area contributed by atoms with Crippen LogP contribution in [0.2, 0.25) is 5.02 Å². The van der Waals surface area contributed by atoms with Gasteiger partial charge in [-0.25, -0.2) is 0 Å². The van der Waals surface area contributed by atoms with Crippen LogP contribution in [0.5, 0.6) is 0 Å². The second-order valence-corrected chi connectivity index (χ2v) is 5.48. The Hall–Kier alpha value is -1.30. The molecular weight excluding hydrogens is 292 g/mol. The van der Waals surface area contributed by atoms with Gasteiger partial charge in [0.05, 0.1) is 16.8 Å². The molecular formula is C15H21ClN2O3. The molecule has 1 amide bonds. The average molecular weight is 313 g/mol. The fourth-order valence-corrected chi connectivity index (χ4v) is 2.29. The van der Waals surface area contributed by atoms with Crippen molar-refractivity contribution in [2.24, 2.45) is 0 Å². The molecule has 0 radical (unpaired) electrons. The third-order valence-corrected chi connectivity index (χ3v) is 3.69. The Morgan fingerprint density at radius 3 is 2.90 bits per heavy atom. The van der Waals surface area contributed by atoms with Crippen LogP contribution >= 0.6 is 11.6 Å². The van der Waals surface area contributed by atoms with Crippen molar-refractivity contribution < 1.29 is 14.3 Å². The highest BCUT2D eigenvalue weighted by molar-refractivity contribution is 6.33. The second kappa shape index (κ2) is 8.22. The van der Waals surface area contributed by atoms with Gasteiger partial charge in [-0.05, 0) is 37.5 Å². The van der Waals surface area contributed by atoms with E-state index in [4.69, 9.17) is 26.8 Å². The van der Waals surface area contributed by atoms with Crippen LogP contribution in [-0.4, -0.2) is 31.8 Å². The Bertz CT molecular complexity index is 476. The fraction of sp³-hybridized carbons (Fsp3) is 0.533. The van der Waals surface area contributed by atoms with E-state index in [0.29, 0.717) is 35.8 Å². The van der Waals surface area contributed by atoms with E-state index in [1.807, 2.05) is 0 Å². The minimum absolute atomic E-state index is 0.0488. The molecule has 0 bridgehead atoms. The molecule has 6 heteroatoms. The highest BCUT2D eigenvalue weighted by Crippen LogP contribution is 2.22. The van der Waals surface area contributed by atoms with Crippen LogP contribution in [0.3, 0.4) is 0 Å². The van der Waals surface area contributed by atoms with Crippen molar-refractivity contribution in [3.05, 3.63) is 23.2 Å². The molecule has 0 aromatic heterocycles. The smallest absolute Gasteiger partial charge is 0.224 e. The molecule has 0 saturated carbocycles. The standard InChI is InChI=1S/C15H21ClN2O3/c16-13-4-3-11(10-14(13)17)18-15(19)2-1-7-21-12-5-8-20-9-6-12/h3-4,10,12H,1-2,5-9,17H2,(H,18,19). The van der Waals surface area contributed by atoms with Gasteiger partial charge < -0.3 is 20.5 Å². The van der Waals surface area contributed by atoms with Crippen LogP contribution in [0.25, 0.3) is 0 Å². The van der Waals surface area contributed by atoms with Gasteiger partial charge in [-0.1, -0.05) is 11.6 Å². The highest BCUT2D eigenvalue weighted by atomic mass is 35.5. The van der Waals surface area contributed by atoms with Gasteiger partial charge >= 0.3 is 0 Å². The highest BCUT2D eigenvalue weighted by Gasteiger charge is 2.13. The van der Waals surface area contributed by atoms with Crippen molar-refractivity contribution in [1.82, 2.24) is 0 Å². The van der Waals surface area contributed by atoms with Crippen LogP contribution in [0.15, 0.2) is 18.2 Å². The summed E-state index contributed by atoms with van der Waals surface area (Å²) in [4.78, 5) is 11.8. The molecule has 0 atom stereocenters. The number of carbonyl (C=O) groups excluding carboxylic acids is 1. The van der Waals surface area contributed by atoms with Crippen LogP contribution in [0.4, 0.5) is 11.4 Å². The molecule has 3 N–H and O–H groups in total. The zero-order valence-electron chi connectivity index (χ0n) is 11.9. The predicted octanol–water partition coefficient (Wildman–Crippen LogP) is 2.84. The first-order valence-electron chi connectivity index (χ1n) is 7.19. The summed E-state index contributed by atoms with van der Waals surface area (Å²) < 4.78 is 11.0. The van der Waals surface area contributed by atoms with Crippen molar-refractivity contribution in [2.75, 3.05) is 30.9 Å². The molecule has 1 heterocycles. The molecule has 0 unspecified atom stereocenters. The van der Waals surface area contributed by atoms with Crippen molar-refractivity contribution in [3.63, 3.8) is 0 Å². The Morgan fingerprint density at radius 1 is 1.43 bits per heavy atom. The number of nitrogen functional groups attached to an aromatic ring is 1. The summed E-state index contributed by atoms with van der Waals surface area (Å²) in [7, 11) is 0. The molecule has 2 rings (SSSR count). The van der Waals surface area contributed by atoms with Gasteiger partial charge in [0.1, 0.15) is 0 Å². The largest absolute Gasteiger partial charge is 0.397 e. The van der Waals surface area contributed by atoms with E-state index in [9.17, 15) is 4.79 Å². The summed E-state index contributed by atoms with van der Waals surface area (Å²) in [5.74, 6) is -0.0488. The average Bonchev–Trinajstić information content (AvgIpc) is 2.49. The van der Waals surface area contributed by atoms with Crippen LogP contribution in [-0.2, 0) is 14.3 Å². The minimum Gasteiger partial charge on any atom is -0.397 e. The number of hydrogen-bond acceptors (Lipinski definition) is 4. The number of nitrogens with one attached hydrogen (secondary N) is 1. The topological polar surface area (TPSA) is 73.6 Å². The van der Waals surface area contributed by atoms with E-state index in [1.165, 1.54) is 0 Å². The van der Waals surface area contributed by atoms with Gasteiger partial charge in [-0.3, -0.25) is 4.79 Å². The number of nitrogens with two attached hydrogens (primary N) is 1. The summed E-state index contributed by atoms with van der Waals surface area (Å²) in [6.07, 6.45) is 3.28. The lowest BCUT2D eigenvalue weighted by Crippen LogP contribution is -2.24. The number of ether oxygens (including phenoxy) is 2. The molecule has 21 heavy (non-hydrogen) atoms. The summed E-state index contributed by atoms with van der Waals surface area (Å²) >= 11 is 5.83. The van der Waals surface area contributed by atoms with E-state index < -0.39 is 0 Å². The van der Waals surface area contributed by atoms with Crippen molar-refractivity contribution in [2.45, 2.75) is 31.8 Å². The Kier molecular flexibility index (Phi) is 6.29. The first kappa shape index (κ1) is 16.1. The quantitative estimate of drug-likeness (QED) is 0.626. The molecule has 0 aliphatic carbocycles. The van der Waals surface area contributed by atoms with Gasteiger partial charge in [0, 0.05) is 31.9 Å². The lowest BCUT2D eigenvalue weighted by molar-refractivity contribution is -0.116. The van der Waals surface area contributed by atoms with Crippen molar-refractivity contribution in [3.8, 4) is 0 Å². The summed E-state index contributed by atoms with van der Waals surface area (Å²) in [6, 6.07) is 5.05. The number of amides is 1. The summed E-state index contributed by atoms with van der Waals surface area (Å²) in [5, 5.41) is 3.28. The van der Waals surface area contributed by atoms with Gasteiger partial charge in [0.25, 0.3) is 0 Å². The second-order valence-electron chi connectivity index (χ2n) is 5.07. The SMILES string of the molecule is Nc1cc(NC(=O)CCCOC2CCOCC2)ccc1Cl. The minimum atomic E-state index is -0.0488. The molecule has 1 saturated heterocycles. The predicted molar refractivity (Wildman–Crippen MR) is 83.5 cm³/mol. The summed E-state index contributed by atoms with van der Waals surface area (Å²) in [6.45, 7) is 2.13. The molecule has 5 nitrogen and oxygen atoms in total. The first-order valence-corrected chi connectivity index (χ1v) is 7.57. The molecule has 1 aliphatic heterocycles. The molecule has 116 valence electrons. The maximum atomic E-state index is 11.8. The third kappa shape index (κ3) is 5.53. The Morgan fingerprint density at radius 2 is 2.19 bits per heavy atom. The van der Waals surface area contributed by atoms with Crippen molar-refractivity contribution in [1.29, 1.82) is 0 Å². The van der Waals surface area contributed by atoms with Crippen LogP contribution < -0.4 is 11.1 Å². The van der Waals surface area contributed by atoms with E-state index in [-0.39, 0.29) is 12.0 Å². The number of anilines is 2. The normalized spacial score (nSPS) is 15.9. The van der Waals surface area contributed by atoms with E-state index in [1.54, 1.807) is 18.2 Å². The van der Waals surface area contributed by atoms with E-state index >= 15 is 0 Å². The number of benzene rings is 1. The van der Waals surface area contributed by atoms with E-state index in [0.717, 1.165) is 26.1 Å². The van der Waals surface area contributed by atoms with Gasteiger partial charge in [-0.2, -0.15) is 0 Å². The molecule has 1 aliphatic rings. The van der Waals surface area contributed by atoms with Gasteiger partial charge in [0.2, 0.25) is 5.91 Å². The molecule has 0 spiro atoms. The Balaban J connectivity index is 1.63. The van der Waals surface area contributed by atoms with E-state index in [2.05, 4.69) is 5.32 Å². The monoisotopic (exact) mass is 312 g/mol. The van der Waals surface area contributed by atoms with Gasteiger partial charge in [-0.15, -0.1) is 0 Å². The number of hydrogen-bond donors (Lipinski definition) is 2. The Labute approximate surface area is 129 Å². The zero-order valence-corrected chi connectivity index (χ0v) is 12.7. The molecule has 1 aromatic carbocycles. The van der Waals surface area contributed by atoms with Crippen molar-refractivity contribution >= 4 is 28.9 Å². The summed E-state index contributed by atoms with van der Waals surface area (Å²) in [5.41, 5.74) is 6.80. The fourth-order valence-electron chi connectivity index (χ4n) is 2.17. The maximum Gasteiger partial charge on any atom is 0.224 e. The third-order valence-electron chi connectivity index (χ3n) is 3.35. The zero-order chi connectivity index (χ0) is 15.1. The van der Waals surface area contributed by atoms with Crippen LogP contribution in [0.1, 0.15) is 25.7 Å².